The van der Waals surface area contributed by atoms with Gasteiger partial charge in [-0.25, -0.2) is 0 Å². The van der Waals surface area contributed by atoms with Gasteiger partial charge in [-0.3, -0.25) is 0 Å². The van der Waals surface area contributed by atoms with Gasteiger partial charge in [-0.05, 0) is 170 Å². The fraction of sp³-hybridized carbons (Fsp3) is 0.0556. The predicted octanol–water partition coefficient (Wildman–Crippen LogP) is 19.3. The Morgan fingerprint density at radius 2 is 1.13 bits per heavy atom. The number of rotatable bonds is 11. The zero-order valence-electron chi connectivity index (χ0n) is 41.5. The minimum Gasteiger partial charge on any atom is -0.456 e. The number of hydrogen-bond acceptors (Lipinski definition) is 2. The lowest BCUT2D eigenvalue weighted by molar-refractivity contribution is 0.592. The monoisotopic (exact) mass is 960 g/mol. The van der Waals surface area contributed by atoms with Crippen LogP contribution in [-0.2, 0) is 12.8 Å². The lowest BCUT2D eigenvalue weighted by Crippen LogP contribution is -2.18. The van der Waals surface area contributed by atoms with Crippen LogP contribution in [0.1, 0.15) is 45.9 Å². The molecule has 0 saturated carbocycles. The summed E-state index contributed by atoms with van der Waals surface area (Å²) in [5, 5.41) is 8.61. The van der Waals surface area contributed by atoms with Crippen molar-refractivity contribution in [1.82, 2.24) is 4.57 Å². The Kier molecular flexibility index (Phi) is 11.0. The van der Waals surface area contributed by atoms with Crippen LogP contribution in [0.25, 0.3) is 94.4 Å². The van der Waals surface area contributed by atoms with Crippen LogP contribution in [0.15, 0.2) is 265 Å². The first-order valence-electron chi connectivity index (χ1n) is 26.1. The molecule has 1 atom stereocenters. The SMILES string of the molecule is C=Cc1cccc(-c2ccc3c(c2)c2cc(C(Cc4ccccc4)c4cc(-c5cc6ccccc6c6ccccc56)c5c6c(oc5c4)C=C(N(c4ccccc4)c4ccccc4)CC6)ccc2n3-c2ccccc2)c1. The first kappa shape index (κ1) is 44.3. The number of aryl methyl sites for hydroxylation is 1. The summed E-state index contributed by atoms with van der Waals surface area (Å²) in [5.74, 6) is 0.907. The van der Waals surface area contributed by atoms with Gasteiger partial charge in [0.05, 0.1) is 11.0 Å². The summed E-state index contributed by atoms with van der Waals surface area (Å²) in [5.41, 5.74) is 18.8. The number of para-hydroxylation sites is 3. The number of aromatic nitrogens is 1. The van der Waals surface area contributed by atoms with Crippen LogP contribution in [0.4, 0.5) is 11.4 Å². The third-order valence-electron chi connectivity index (χ3n) is 15.6. The lowest BCUT2D eigenvalue weighted by atomic mass is 9.82. The van der Waals surface area contributed by atoms with Gasteiger partial charge < -0.3 is 13.9 Å². The fourth-order valence-corrected chi connectivity index (χ4v) is 12.1. The van der Waals surface area contributed by atoms with Crippen molar-refractivity contribution in [2.45, 2.75) is 25.2 Å². The number of fused-ring (bicyclic) bond motifs is 9. The average Bonchev–Trinajstić information content (AvgIpc) is 4.04. The van der Waals surface area contributed by atoms with Gasteiger partial charge in [0.25, 0.3) is 0 Å². The number of benzene rings is 11. The summed E-state index contributed by atoms with van der Waals surface area (Å²) >= 11 is 0. The molecule has 3 nitrogen and oxygen atoms in total. The Labute approximate surface area is 437 Å². The van der Waals surface area contributed by atoms with Crippen LogP contribution in [0.5, 0.6) is 0 Å². The lowest BCUT2D eigenvalue weighted by Gasteiger charge is -2.29. The molecule has 2 aromatic heterocycles. The molecule has 0 aliphatic heterocycles. The molecular weight excluding hydrogens is 909 g/mol. The smallest absolute Gasteiger partial charge is 0.136 e. The van der Waals surface area contributed by atoms with Gasteiger partial charge in [-0.15, -0.1) is 0 Å². The first-order chi connectivity index (χ1) is 37.1. The molecule has 0 bridgehead atoms. The second-order valence-electron chi connectivity index (χ2n) is 20.0. The molecule has 356 valence electrons. The van der Waals surface area contributed by atoms with Crippen molar-refractivity contribution in [1.29, 1.82) is 0 Å². The molecule has 0 fully saturated rings. The second kappa shape index (κ2) is 18.6. The summed E-state index contributed by atoms with van der Waals surface area (Å²) in [4.78, 5) is 2.39. The topological polar surface area (TPSA) is 21.3 Å². The Balaban J connectivity index is 1.01. The maximum absolute atomic E-state index is 7.32. The van der Waals surface area contributed by atoms with Crippen molar-refractivity contribution >= 4 is 77.8 Å². The van der Waals surface area contributed by atoms with E-state index in [1.807, 2.05) is 6.08 Å². The van der Waals surface area contributed by atoms with E-state index in [9.17, 15) is 0 Å². The van der Waals surface area contributed by atoms with E-state index in [2.05, 4.69) is 271 Å². The zero-order chi connectivity index (χ0) is 49.8. The van der Waals surface area contributed by atoms with Gasteiger partial charge >= 0.3 is 0 Å². The van der Waals surface area contributed by atoms with Crippen molar-refractivity contribution in [3.05, 3.63) is 295 Å². The van der Waals surface area contributed by atoms with Crippen molar-refractivity contribution in [3.63, 3.8) is 0 Å². The van der Waals surface area contributed by atoms with Crippen LogP contribution >= 0.6 is 0 Å². The fourth-order valence-electron chi connectivity index (χ4n) is 12.1. The van der Waals surface area contributed by atoms with E-state index >= 15 is 0 Å². The van der Waals surface area contributed by atoms with E-state index in [0.29, 0.717) is 0 Å². The van der Waals surface area contributed by atoms with Crippen molar-refractivity contribution in [3.8, 4) is 27.9 Å². The maximum Gasteiger partial charge on any atom is 0.136 e. The molecule has 0 radical (unpaired) electrons. The average molecular weight is 961 g/mol. The molecule has 1 unspecified atom stereocenters. The normalized spacial score (nSPS) is 12.8. The number of furan rings is 1. The highest BCUT2D eigenvalue weighted by Crippen LogP contribution is 2.47. The van der Waals surface area contributed by atoms with E-state index < -0.39 is 0 Å². The molecule has 0 amide bonds. The zero-order valence-corrected chi connectivity index (χ0v) is 41.5. The van der Waals surface area contributed by atoms with Crippen molar-refractivity contribution in [2.24, 2.45) is 0 Å². The van der Waals surface area contributed by atoms with E-state index in [4.69, 9.17) is 4.42 Å². The Bertz CT molecular complexity index is 4300. The maximum atomic E-state index is 7.32. The molecule has 0 N–H and O–H groups in total. The predicted molar refractivity (Wildman–Crippen MR) is 316 cm³/mol. The van der Waals surface area contributed by atoms with Crippen LogP contribution in [0.2, 0.25) is 0 Å². The van der Waals surface area contributed by atoms with Gasteiger partial charge in [0.15, 0.2) is 0 Å². The minimum absolute atomic E-state index is 0.0193. The van der Waals surface area contributed by atoms with Crippen LogP contribution in [-0.4, -0.2) is 4.57 Å². The van der Waals surface area contributed by atoms with Crippen LogP contribution in [0, 0.1) is 0 Å². The third kappa shape index (κ3) is 7.84. The second-order valence-corrected chi connectivity index (χ2v) is 20.0. The van der Waals surface area contributed by atoms with E-state index in [1.54, 1.807) is 0 Å². The summed E-state index contributed by atoms with van der Waals surface area (Å²) < 4.78 is 9.74. The minimum atomic E-state index is -0.0193. The number of hydrogen-bond donors (Lipinski definition) is 0. The van der Waals surface area contributed by atoms with Gasteiger partial charge in [0.2, 0.25) is 0 Å². The molecule has 11 aromatic carbocycles. The van der Waals surface area contributed by atoms with Crippen molar-refractivity contribution in [2.75, 3.05) is 4.90 Å². The third-order valence-corrected chi connectivity index (χ3v) is 15.6. The largest absolute Gasteiger partial charge is 0.456 e. The highest BCUT2D eigenvalue weighted by atomic mass is 16.3. The molecular formula is C72H52N2O. The van der Waals surface area contributed by atoms with Gasteiger partial charge in [0, 0.05) is 56.5 Å². The first-order valence-corrected chi connectivity index (χ1v) is 26.1. The van der Waals surface area contributed by atoms with E-state index in [0.717, 1.165) is 53.2 Å². The molecule has 2 heterocycles. The molecule has 0 saturated heterocycles. The molecule has 13 aromatic rings. The summed E-state index contributed by atoms with van der Waals surface area (Å²) in [6.07, 6.45) is 6.74. The Morgan fingerprint density at radius 3 is 1.88 bits per heavy atom. The Hall–Kier alpha value is -9.44. The molecule has 1 aliphatic rings. The Morgan fingerprint density at radius 1 is 0.493 bits per heavy atom. The van der Waals surface area contributed by atoms with Gasteiger partial charge in [-0.1, -0.05) is 176 Å². The quantitative estimate of drug-likeness (QED) is 0.120. The summed E-state index contributed by atoms with van der Waals surface area (Å²) in [6.45, 7) is 4.07. The molecule has 1 aliphatic carbocycles. The van der Waals surface area contributed by atoms with E-state index in [1.165, 1.54) is 98.9 Å². The summed E-state index contributed by atoms with van der Waals surface area (Å²) in [7, 11) is 0. The molecule has 75 heavy (non-hydrogen) atoms. The standard InChI is InChI=1S/C72H52N2O/c1-2-48-22-19-24-50(40-48)51-34-38-68-65(42-51)66-44-53(35-39-69(66)74(68)57-29-13-6-14-30-57)63(41-49-20-7-3-8-21-49)54-45-67(64-43-52-23-15-16-31-59(52)60-32-17-18-33-61(60)64)72-62-37-36-58(47-70(62)75-71(72)46-54)73(55-25-9-4-10-26-55)56-27-11-5-12-28-56/h2-35,38-40,42-47,63H,1,36-37,41H2. The van der Waals surface area contributed by atoms with Gasteiger partial charge in [-0.2, -0.15) is 0 Å². The van der Waals surface area contributed by atoms with Crippen LogP contribution in [0.3, 0.4) is 0 Å². The number of anilines is 2. The highest BCUT2D eigenvalue weighted by molar-refractivity contribution is 6.17. The number of nitrogens with zero attached hydrogens (tertiary/aromatic N) is 2. The molecule has 14 rings (SSSR count). The highest BCUT2D eigenvalue weighted by Gasteiger charge is 2.28. The molecule has 3 heteroatoms. The number of allylic oxidation sites excluding steroid dienone is 1. The van der Waals surface area contributed by atoms with E-state index in [-0.39, 0.29) is 5.92 Å². The van der Waals surface area contributed by atoms with Crippen LogP contribution < -0.4 is 4.90 Å². The van der Waals surface area contributed by atoms with Gasteiger partial charge in [0.1, 0.15) is 11.3 Å². The van der Waals surface area contributed by atoms with Crippen molar-refractivity contribution < 1.29 is 4.42 Å². The molecule has 0 spiro atoms. The summed E-state index contributed by atoms with van der Waals surface area (Å²) in [6, 6.07) is 91.1.